The minimum absolute atomic E-state index is 0.0731. The molecule has 0 atom stereocenters. The molecular formula is C26H24N2O2S. The number of benzene rings is 3. The number of ether oxygens (including phenoxy) is 1. The summed E-state index contributed by atoms with van der Waals surface area (Å²) < 4.78 is 5.63. The number of aryl methyl sites for hydroxylation is 2. The summed E-state index contributed by atoms with van der Waals surface area (Å²) in [6, 6.07) is 25.8. The summed E-state index contributed by atoms with van der Waals surface area (Å²) in [5, 5.41) is 3.94. The van der Waals surface area contributed by atoms with Crippen LogP contribution in [0.4, 0.5) is 5.69 Å². The van der Waals surface area contributed by atoms with Crippen molar-refractivity contribution >= 4 is 22.9 Å². The molecule has 0 aliphatic heterocycles. The maximum Gasteiger partial charge on any atom is 0.227 e. The summed E-state index contributed by atoms with van der Waals surface area (Å²) >= 11 is 1.69. The molecule has 0 unspecified atom stereocenters. The predicted octanol–water partition coefficient (Wildman–Crippen LogP) is 6.50. The zero-order valence-electron chi connectivity index (χ0n) is 17.6. The molecule has 0 spiro atoms. The fraction of sp³-hybridized carbons (Fsp3) is 0.154. The van der Waals surface area contributed by atoms with Crippen molar-refractivity contribution < 1.29 is 9.53 Å². The molecule has 1 aromatic heterocycles. The largest absolute Gasteiger partial charge is 0.493 e. The molecule has 156 valence electrons. The number of nitrogens with zero attached hydrogens (tertiary/aromatic N) is 1. The predicted molar refractivity (Wildman–Crippen MR) is 128 cm³/mol. The Kier molecular flexibility index (Phi) is 6.43. The van der Waals surface area contributed by atoms with E-state index in [0.717, 1.165) is 33.3 Å². The normalized spacial score (nSPS) is 10.6. The number of rotatable bonds is 7. The lowest BCUT2D eigenvalue weighted by molar-refractivity contribution is -0.116. The Morgan fingerprint density at radius 2 is 1.61 bits per heavy atom. The number of carbonyl (C=O) groups excluding carboxylic acids is 1. The third-order valence-electron chi connectivity index (χ3n) is 4.88. The van der Waals surface area contributed by atoms with Crippen molar-refractivity contribution in [3.8, 4) is 27.6 Å². The number of carbonyl (C=O) groups is 1. The summed E-state index contributed by atoms with van der Waals surface area (Å²) in [4.78, 5) is 18.2. The summed E-state index contributed by atoms with van der Waals surface area (Å²) in [5.41, 5.74) is 5.08. The van der Waals surface area contributed by atoms with Crippen molar-refractivity contribution in [1.29, 1.82) is 0 Å². The van der Waals surface area contributed by atoms with E-state index in [1.54, 1.807) is 11.3 Å². The molecule has 0 aliphatic carbocycles. The molecule has 31 heavy (non-hydrogen) atoms. The van der Waals surface area contributed by atoms with Gasteiger partial charge >= 0.3 is 0 Å². The summed E-state index contributed by atoms with van der Waals surface area (Å²) in [6.45, 7) is 4.46. The SMILES string of the molecule is Cc1ccc(OCCC(=O)Nc2ccc(-c3nc(-c4ccccc4)sc3C)cc2)cc1. The maximum absolute atomic E-state index is 12.2. The first-order chi connectivity index (χ1) is 15.1. The van der Waals surface area contributed by atoms with Gasteiger partial charge in [-0.3, -0.25) is 4.79 Å². The monoisotopic (exact) mass is 428 g/mol. The highest BCUT2D eigenvalue weighted by atomic mass is 32.1. The van der Waals surface area contributed by atoms with E-state index in [2.05, 4.69) is 24.4 Å². The van der Waals surface area contributed by atoms with E-state index in [1.165, 1.54) is 10.4 Å². The second-order valence-corrected chi connectivity index (χ2v) is 8.53. The molecule has 5 heteroatoms. The second kappa shape index (κ2) is 9.58. The van der Waals surface area contributed by atoms with Gasteiger partial charge in [0.2, 0.25) is 5.91 Å². The average molecular weight is 429 g/mol. The van der Waals surface area contributed by atoms with Gasteiger partial charge in [-0.15, -0.1) is 11.3 Å². The summed E-state index contributed by atoms with van der Waals surface area (Å²) in [6.07, 6.45) is 0.293. The number of hydrogen-bond acceptors (Lipinski definition) is 4. The van der Waals surface area contributed by atoms with Gasteiger partial charge in [-0.2, -0.15) is 0 Å². The molecule has 4 rings (SSSR count). The third-order valence-corrected chi connectivity index (χ3v) is 5.90. The molecule has 1 amide bonds. The molecular weight excluding hydrogens is 404 g/mol. The Labute approximate surface area is 186 Å². The van der Waals surface area contributed by atoms with Crippen LogP contribution in [0.2, 0.25) is 0 Å². The van der Waals surface area contributed by atoms with E-state index in [0.29, 0.717) is 13.0 Å². The Morgan fingerprint density at radius 3 is 2.32 bits per heavy atom. The lowest BCUT2D eigenvalue weighted by atomic mass is 10.1. The number of aromatic nitrogens is 1. The Morgan fingerprint density at radius 1 is 0.903 bits per heavy atom. The molecule has 0 bridgehead atoms. The van der Waals surface area contributed by atoms with Crippen LogP contribution in [-0.2, 0) is 4.79 Å². The van der Waals surface area contributed by atoms with Crippen LogP contribution < -0.4 is 10.1 Å². The fourth-order valence-electron chi connectivity index (χ4n) is 3.20. The molecule has 0 saturated heterocycles. The van der Waals surface area contributed by atoms with Gasteiger partial charge in [0.05, 0.1) is 18.7 Å². The first kappa shape index (κ1) is 20.8. The van der Waals surface area contributed by atoms with Crippen LogP contribution in [0.15, 0.2) is 78.9 Å². The molecule has 0 radical (unpaired) electrons. The minimum Gasteiger partial charge on any atom is -0.493 e. The highest BCUT2D eigenvalue weighted by molar-refractivity contribution is 7.15. The molecule has 0 saturated carbocycles. The highest BCUT2D eigenvalue weighted by Crippen LogP contribution is 2.33. The van der Waals surface area contributed by atoms with Gasteiger partial charge in [0.25, 0.3) is 0 Å². The zero-order chi connectivity index (χ0) is 21.6. The van der Waals surface area contributed by atoms with Crippen LogP contribution in [-0.4, -0.2) is 17.5 Å². The van der Waals surface area contributed by atoms with Crippen molar-refractivity contribution in [2.24, 2.45) is 0 Å². The molecule has 1 N–H and O–H groups in total. The van der Waals surface area contributed by atoms with E-state index >= 15 is 0 Å². The van der Waals surface area contributed by atoms with Crippen molar-refractivity contribution in [2.45, 2.75) is 20.3 Å². The summed E-state index contributed by atoms with van der Waals surface area (Å²) in [5.74, 6) is 0.701. The highest BCUT2D eigenvalue weighted by Gasteiger charge is 2.11. The van der Waals surface area contributed by atoms with Gasteiger partial charge in [-0.05, 0) is 38.1 Å². The topological polar surface area (TPSA) is 51.2 Å². The third kappa shape index (κ3) is 5.38. The van der Waals surface area contributed by atoms with E-state index < -0.39 is 0 Å². The average Bonchev–Trinajstić information content (AvgIpc) is 3.18. The second-order valence-electron chi connectivity index (χ2n) is 7.33. The lowest BCUT2D eigenvalue weighted by Gasteiger charge is -2.08. The number of nitrogens with one attached hydrogen (secondary N) is 1. The van der Waals surface area contributed by atoms with Crippen LogP contribution in [0.5, 0.6) is 5.75 Å². The van der Waals surface area contributed by atoms with E-state index in [9.17, 15) is 4.79 Å². The molecule has 0 fully saturated rings. The molecule has 1 heterocycles. The quantitative estimate of drug-likeness (QED) is 0.365. The van der Waals surface area contributed by atoms with Gasteiger partial charge in [-0.1, -0.05) is 60.2 Å². The van der Waals surface area contributed by atoms with Crippen molar-refractivity contribution in [3.63, 3.8) is 0 Å². The van der Waals surface area contributed by atoms with E-state index in [4.69, 9.17) is 9.72 Å². The Bertz CT molecular complexity index is 1150. The van der Waals surface area contributed by atoms with Gasteiger partial charge < -0.3 is 10.1 Å². The first-order valence-corrected chi connectivity index (χ1v) is 11.0. The van der Waals surface area contributed by atoms with E-state index in [1.807, 2.05) is 73.7 Å². The van der Waals surface area contributed by atoms with Crippen LogP contribution in [0.25, 0.3) is 21.8 Å². The Hall–Kier alpha value is -3.44. The van der Waals surface area contributed by atoms with Crippen molar-refractivity contribution in [3.05, 3.63) is 89.3 Å². The Balaban J connectivity index is 1.34. The van der Waals surface area contributed by atoms with E-state index in [-0.39, 0.29) is 5.91 Å². The molecule has 0 aliphatic rings. The van der Waals surface area contributed by atoms with Crippen molar-refractivity contribution in [1.82, 2.24) is 4.98 Å². The minimum atomic E-state index is -0.0731. The van der Waals surface area contributed by atoms with Gasteiger partial charge in [0.1, 0.15) is 10.8 Å². The smallest absolute Gasteiger partial charge is 0.227 e. The molecule has 4 nitrogen and oxygen atoms in total. The number of hydrogen-bond donors (Lipinski definition) is 1. The van der Waals surface area contributed by atoms with Gasteiger partial charge in [0.15, 0.2) is 0 Å². The van der Waals surface area contributed by atoms with Gasteiger partial charge in [-0.25, -0.2) is 4.98 Å². The van der Waals surface area contributed by atoms with Crippen LogP contribution in [0.3, 0.4) is 0 Å². The summed E-state index contributed by atoms with van der Waals surface area (Å²) in [7, 11) is 0. The fourth-order valence-corrected chi connectivity index (χ4v) is 4.14. The maximum atomic E-state index is 12.2. The number of thiazole rings is 1. The van der Waals surface area contributed by atoms with Gasteiger partial charge in [0, 0.05) is 21.7 Å². The van der Waals surface area contributed by atoms with Crippen LogP contribution >= 0.6 is 11.3 Å². The zero-order valence-corrected chi connectivity index (χ0v) is 18.4. The van der Waals surface area contributed by atoms with Crippen molar-refractivity contribution in [2.75, 3.05) is 11.9 Å². The lowest BCUT2D eigenvalue weighted by Crippen LogP contribution is -2.15. The number of amides is 1. The molecule has 4 aromatic rings. The molecule has 3 aromatic carbocycles. The number of anilines is 1. The van der Waals surface area contributed by atoms with Crippen LogP contribution in [0.1, 0.15) is 16.9 Å². The standard InChI is InChI=1S/C26H24N2O2S/c1-18-8-14-23(15-9-18)30-17-16-24(29)27-22-12-10-20(11-13-22)25-19(2)31-26(28-25)21-6-4-3-5-7-21/h3-15H,16-17H2,1-2H3,(H,27,29). The first-order valence-electron chi connectivity index (χ1n) is 10.2. The van der Waals surface area contributed by atoms with Crippen LogP contribution in [0, 0.1) is 13.8 Å².